The molecule has 1 saturated carbocycles. The minimum atomic E-state index is -0.856. The van der Waals surface area contributed by atoms with Crippen LogP contribution in [-0.4, -0.2) is 99.6 Å². The smallest absolute Gasteiger partial charge is 0.256 e. The third-order valence-electron chi connectivity index (χ3n) is 9.15. The summed E-state index contributed by atoms with van der Waals surface area (Å²) in [5.74, 6) is 1.29. The number of nitrogens with one attached hydrogen (secondary N) is 1. The maximum absolute atomic E-state index is 10.3. The van der Waals surface area contributed by atoms with Crippen molar-refractivity contribution in [2.45, 2.75) is 109 Å². The minimum absolute atomic E-state index is 0.251. The van der Waals surface area contributed by atoms with E-state index in [1.807, 2.05) is 29.9 Å². The second kappa shape index (κ2) is 15.5. The zero-order chi connectivity index (χ0) is 35.3. The summed E-state index contributed by atoms with van der Waals surface area (Å²) in [4.78, 5) is 11.8. The second-order valence-electron chi connectivity index (χ2n) is 14.1. The predicted molar refractivity (Wildman–Crippen MR) is 185 cm³/mol. The Morgan fingerprint density at radius 2 is 1.80 bits per heavy atom. The Labute approximate surface area is 292 Å². The Bertz CT molecular complexity index is 1710. The number of rotatable bonds is 13. The maximum Gasteiger partial charge on any atom is 0.256 e. The number of hydrogen-bond donors (Lipinski definition) is 2. The summed E-state index contributed by atoms with van der Waals surface area (Å²) < 4.78 is 21.7. The van der Waals surface area contributed by atoms with Gasteiger partial charge in [-0.25, -0.2) is 14.6 Å². The van der Waals surface area contributed by atoms with E-state index in [9.17, 15) is 10.4 Å². The molecule has 4 heterocycles. The third-order valence-corrected chi connectivity index (χ3v) is 9.15. The summed E-state index contributed by atoms with van der Waals surface area (Å²) in [5, 5.41) is 39.3. The Balaban J connectivity index is 1.14. The largest absolute Gasteiger partial charge is 0.487 e. The zero-order valence-corrected chi connectivity index (χ0v) is 29.4. The number of aliphatic hydroxyl groups is 1. The van der Waals surface area contributed by atoms with Crippen LogP contribution >= 0.6 is 0 Å². The number of hydrogen-bond acceptors (Lipinski definition) is 13. The summed E-state index contributed by atoms with van der Waals surface area (Å²) in [6.07, 6.45) is 11.9. The first kappa shape index (κ1) is 35.2. The fourth-order valence-electron chi connectivity index (χ4n) is 6.69. The SMILES string of the molecule is C[C@@H]1CN(C2CCC(n3cc(Nc4ncc(-c5ccc(C#N)c(O[C@@H](C)Cn6cnnn6)c5)cn4)c(OCCC(C)(C)O)n3)CC2)C[C@H](C)O1. The monoisotopic (exact) mass is 685 g/mol. The average molecular weight is 686 g/mol. The molecule has 15 nitrogen and oxygen atoms in total. The van der Waals surface area contributed by atoms with Crippen molar-refractivity contribution in [3.8, 4) is 28.8 Å². The molecule has 2 fully saturated rings. The quantitative estimate of drug-likeness (QED) is 0.201. The number of benzene rings is 1. The average Bonchev–Trinajstić information content (AvgIpc) is 3.74. The van der Waals surface area contributed by atoms with Crippen LogP contribution in [0.2, 0.25) is 0 Å². The minimum Gasteiger partial charge on any atom is -0.487 e. The van der Waals surface area contributed by atoms with Gasteiger partial charge >= 0.3 is 0 Å². The van der Waals surface area contributed by atoms with Gasteiger partial charge in [0.25, 0.3) is 5.88 Å². The van der Waals surface area contributed by atoms with Gasteiger partial charge in [0.2, 0.25) is 5.95 Å². The molecule has 1 aromatic carbocycles. The summed E-state index contributed by atoms with van der Waals surface area (Å²) in [7, 11) is 0. The van der Waals surface area contributed by atoms with Crippen molar-refractivity contribution in [2.24, 2.45) is 0 Å². The molecule has 50 heavy (non-hydrogen) atoms. The Morgan fingerprint density at radius 3 is 2.46 bits per heavy atom. The summed E-state index contributed by atoms with van der Waals surface area (Å²) in [5.41, 5.74) is 1.79. The molecule has 0 radical (unpaired) electrons. The van der Waals surface area contributed by atoms with Gasteiger partial charge in [0.1, 0.15) is 29.9 Å². The van der Waals surface area contributed by atoms with Crippen molar-refractivity contribution >= 4 is 11.6 Å². The van der Waals surface area contributed by atoms with E-state index in [0.717, 1.165) is 49.9 Å². The van der Waals surface area contributed by atoms with Gasteiger partial charge in [-0.2, -0.15) is 5.26 Å². The van der Waals surface area contributed by atoms with Crippen LogP contribution < -0.4 is 14.8 Å². The van der Waals surface area contributed by atoms with E-state index in [4.69, 9.17) is 19.3 Å². The molecule has 0 unspecified atom stereocenters. The molecular formula is C35H47N11O4. The molecule has 2 N–H and O–H groups in total. The molecule has 0 bridgehead atoms. The van der Waals surface area contributed by atoms with Crippen LogP contribution in [0.4, 0.5) is 11.6 Å². The van der Waals surface area contributed by atoms with Gasteiger partial charge in [-0.05, 0) is 88.4 Å². The lowest BCUT2D eigenvalue weighted by Crippen LogP contribution is -2.51. The third kappa shape index (κ3) is 9.12. The lowest BCUT2D eigenvalue weighted by atomic mass is 9.89. The lowest BCUT2D eigenvalue weighted by molar-refractivity contribution is -0.0852. The maximum atomic E-state index is 10.3. The summed E-state index contributed by atoms with van der Waals surface area (Å²) in [6.45, 7) is 12.4. The van der Waals surface area contributed by atoms with E-state index in [1.54, 1.807) is 37.0 Å². The normalized spacial score (nSPS) is 22.1. The topological polar surface area (TPSA) is 174 Å². The van der Waals surface area contributed by atoms with Crippen LogP contribution in [0.25, 0.3) is 11.1 Å². The van der Waals surface area contributed by atoms with E-state index in [0.29, 0.717) is 54.4 Å². The van der Waals surface area contributed by atoms with Crippen LogP contribution in [-0.2, 0) is 11.3 Å². The van der Waals surface area contributed by atoms with Crippen molar-refractivity contribution in [3.63, 3.8) is 0 Å². The molecule has 1 aliphatic heterocycles. The molecule has 0 spiro atoms. The van der Waals surface area contributed by atoms with E-state index in [2.05, 4.69) is 55.6 Å². The number of anilines is 2. The van der Waals surface area contributed by atoms with Crippen molar-refractivity contribution in [1.29, 1.82) is 5.26 Å². The highest BCUT2D eigenvalue weighted by Gasteiger charge is 2.32. The Morgan fingerprint density at radius 1 is 1.08 bits per heavy atom. The van der Waals surface area contributed by atoms with Crippen molar-refractivity contribution in [3.05, 3.63) is 48.7 Å². The number of ether oxygens (including phenoxy) is 3. The second-order valence-corrected chi connectivity index (χ2v) is 14.1. The molecule has 1 saturated heterocycles. The highest BCUT2D eigenvalue weighted by molar-refractivity contribution is 5.67. The molecule has 3 atom stereocenters. The Hall–Kier alpha value is -4.65. The van der Waals surface area contributed by atoms with Gasteiger partial charge in [-0.1, -0.05) is 6.07 Å². The van der Waals surface area contributed by atoms with E-state index in [-0.39, 0.29) is 24.4 Å². The van der Waals surface area contributed by atoms with E-state index >= 15 is 0 Å². The van der Waals surface area contributed by atoms with Crippen LogP contribution in [0.15, 0.2) is 43.1 Å². The van der Waals surface area contributed by atoms with Gasteiger partial charge in [0, 0.05) is 43.5 Å². The van der Waals surface area contributed by atoms with Gasteiger partial charge in [0.05, 0.1) is 48.8 Å². The highest BCUT2D eigenvalue weighted by Crippen LogP contribution is 2.36. The Kier molecular flexibility index (Phi) is 10.9. The standard InChI is InChI=1S/C35H47N11O4/c1-23-18-44(19-24(2)49-23)29-8-10-30(11-9-29)46-21-31(33(41-46)48-13-12-35(4,5)47)40-34-37-16-28(17-38-34)26-6-7-27(15-36)32(14-26)50-25(3)20-45-22-39-42-43-45/h6-7,14,16-17,21-25,29-30,47H,8-13,18-20H2,1-5H3,(H,37,38,40)/t23-,24+,25-,29?,30?/m0/s1. The fourth-order valence-corrected chi connectivity index (χ4v) is 6.69. The molecule has 1 aliphatic carbocycles. The summed E-state index contributed by atoms with van der Waals surface area (Å²) in [6, 6.07) is 8.38. The van der Waals surface area contributed by atoms with Gasteiger partial charge in [-0.15, -0.1) is 10.2 Å². The first-order valence-electron chi connectivity index (χ1n) is 17.4. The van der Waals surface area contributed by atoms with Crippen molar-refractivity contribution in [1.82, 2.24) is 44.9 Å². The molecule has 6 rings (SSSR count). The van der Waals surface area contributed by atoms with Gasteiger partial charge in [-0.3, -0.25) is 9.58 Å². The van der Waals surface area contributed by atoms with Crippen LogP contribution in [0.1, 0.15) is 78.3 Å². The first-order chi connectivity index (χ1) is 24.0. The lowest BCUT2D eigenvalue weighted by Gasteiger charge is -2.42. The first-order valence-corrected chi connectivity index (χ1v) is 17.4. The van der Waals surface area contributed by atoms with Crippen LogP contribution in [0, 0.1) is 11.3 Å². The van der Waals surface area contributed by atoms with Gasteiger partial charge in [0.15, 0.2) is 0 Å². The fraction of sp³-hybridized carbons (Fsp3) is 0.571. The number of nitrogens with zero attached hydrogens (tertiary/aromatic N) is 10. The number of tetrazole rings is 1. The summed E-state index contributed by atoms with van der Waals surface area (Å²) >= 11 is 0. The number of nitriles is 1. The molecule has 4 aromatic rings. The number of morpholine rings is 1. The predicted octanol–water partition coefficient (Wildman–Crippen LogP) is 4.54. The zero-order valence-electron chi connectivity index (χ0n) is 29.4. The van der Waals surface area contributed by atoms with Crippen LogP contribution in [0.3, 0.4) is 0 Å². The van der Waals surface area contributed by atoms with Crippen LogP contribution in [0.5, 0.6) is 11.6 Å². The molecule has 266 valence electrons. The highest BCUT2D eigenvalue weighted by atomic mass is 16.5. The van der Waals surface area contributed by atoms with E-state index in [1.165, 1.54) is 6.33 Å². The molecule has 2 aliphatic rings. The van der Waals surface area contributed by atoms with Gasteiger partial charge < -0.3 is 24.6 Å². The molecule has 0 amide bonds. The van der Waals surface area contributed by atoms with Crippen molar-refractivity contribution < 1.29 is 19.3 Å². The van der Waals surface area contributed by atoms with Crippen molar-refractivity contribution in [2.75, 3.05) is 25.0 Å². The van der Waals surface area contributed by atoms with E-state index < -0.39 is 5.60 Å². The molecule has 15 heteroatoms. The number of aromatic nitrogens is 8. The molecule has 3 aromatic heterocycles. The molecular weight excluding hydrogens is 638 g/mol.